The first-order valence-electron chi connectivity index (χ1n) is 8.41. The maximum Gasteiger partial charge on any atom is 0.357 e. The van der Waals surface area contributed by atoms with Crippen molar-refractivity contribution in [2.45, 2.75) is 0 Å². The van der Waals surface area contributed by atoms with Crippen molar-refractivity contribution in [2.24, 2.45) is 0 Å². The molecule has 4 rings (SSSR count). The van der Waals surface area contributed by atoms with Gasteiger partial charge in [-0.2, -0.15) is 0 Å². The van der Waals surface area contributed by atoms with E-state index in [4.69, 9.17) is 9.47 Å². The van der Waals surface area contributed by atoms with Crippen LogP contribution >= 0.6 is 0 Å². The second-order valence-electron chi connectivity index (χ2n) is 5.84. The third-order valence-corrected chi connectivity index (χ3v) is 4.04. The molecule has 4 aromatic rings. The van der Waals surface area contributed by atoms with Gasteiger partial charge in [-0.1, -0.05) is 18.2 Å². The van der Waals surface area contributed by atoms with E-state index >= 15 is 0 Å². The maximum absolute atomic E-state index is 13.2. The minimum Gasteiger partial charge on any atom is -0.489 e. The minimum atomic E-state index is -0.551. The fourth-order valence-electron chi connectivity index (χ4n) is 2.77. The Kier molecular flexibility index (Phi) is 4.61. The number of hydrogen-bond donors (Lipinski definition) is 0. The van der Waals surface area contributed by atoms with E-state index in [1.165, 1.54) is 24.3 Å². The van der Waals surface area contributed by atoms with Crippen molar-refractivity contribution in [3.8, 4) is 5.75 Å². The molecule has 2 aromatic heterocycles. The standard InChI is InChI=1S/C21H15FN2O3/c22-15-6-8-17-14(13-15)5-7-19(24-17)21(25)27-12-11-26-20-9-10-23-18-4-2-1-3-16(18)20/h1-10,13H,11-12H2. The molecule has 0 atom stereocenters. The molecule has 0 N–H and O–H groups in total. The number of nitrogens with zero attached hydrogens (tertiary/aromatic N) is 2. The number of carbonyl (C=O) groups excluding carboxylic acids is 1. The Labute approximate surface area is 154 Å². The quantitative estimate of drug-likeness (QED) is 0.394. The summed E-state index contributed by atoms with van der Waals surface area (Å²) >= 11 is 0. The van der Waals surface area contributed by atoms with Gasteiger partial charge >= 0.3 is 5.97 Å². The van der Waals surface area contributed by atoms with Gasteiger partial charge in [-0.3, -0.25) is 4.98 Å². The Morgan fingerprint density at radius 2 is 1.85 bits per heavy atom. The Morgan fingerprint density at radius 3 is 2.78 bits per heavy atom. The summed E-state index contributed by atoms with van der Waals surface area (Å²) in [6, 6.07) is 16.8. The molecule has 2 heterocycles. The van der Waals surface area contributed by atoms with Crippen molar-refractivity contribution in [3.05, 3.63) is 78.4 Å². The molecule has 27 heavy (non-hydrogen) atoms. The van der Waals surface area contributed by atoms with E-state index in [1.54, 1.807) is 18.3 Å². The van der Waals surface area contributed by atoms with Crippen LogP contribution in [0.5, 0.6) is 5.75 Å². The van der Waals surface area contributed by atoms with Crippen LogP contribution in [0.25, 0.3) is 21.8 Å². The lowest BCUT2D eigenvalue weighted by Gasteiger charge is -2.09. The van der Waals surface area contributed by atoms with Gasteiger partial charge < -0.3 is 9.47 Å². The van der Waals surface area contributed by atoms with Crippen LogP contribution in [-0.2, 0) is 4.74 Å². The van der Waals surface area contributed by atoms with Gasteiger partial charge in [0.15, 0.2) is 0 Å². The van der Waals surface area contributed by atoms with Crippen LogP contribution in [0.3, 0.4) is 0 Å². The van der Waals surface area contributed by atoms with Crippen molar-refractivity contribution >= 4 is 27.8 Å². The molecule has 0 radical (unpaired) electrons. The Balaban J connectivity index is 1.37. The van der Waals surface area contributed by atoms with Gasteiger partial charge in [0, 0.05) is 17.0 Å². The molecule has 6 heteroatoms. The lowest BCUT2D eigenvalue weighted by atomic mass is 10.2. The van der Waals surface area contributed by atoms with Crippen LogP contribution in [0.1, 0.15) is 10.5 Å². The second-order valence-corrected chi connectivity index (χ2v) is 5.84. The topological polar surface area (TPSA) is 61.3 Å². The molecule has 0 saturated carbocycles. The molecule has 0 saturated heterocycles. The predicted octanol–water partition coefficient (Wildman–Crippen LogP) is 4.16. The molecular formula is C21H15FN2O3. The van der Waals surface area contributed by atoms with Crippen molar-refractivity contribution < 1.29 is 18.7 Å². The third-order valence-electron chi connectivity index (χ3n) is 4.04. The van der Waals surface area contributed by atoms with Crippen LogP contribution in [0.4, 0.5) is 4.39 Å². The van der Waals surface area contributed by atoms with Crippen LogP contribution in [0.2, 0.25) is 0 Å². The second kappa shape index (κ2) is 7.37. The van der Waals surface area contributed by atoms with Crippen LogP contribution in [-0.4, -0.2) is 29.2 Å². The monoisotopic (exact) mass is 362 g/mol. The summed E-state index contributed by atoms with van der Waals surface area (Å²) in [4.78, 5) is 20.6. The highest BCUT2D eigenvalue weighted by molar-refractivity contribution is 5.91. The van der Waals surface area contributed by atoms with Gasteiger partial charge in [0.05, 0.1) is 11.0 Å². The Morgan fingerprint density at radius 1 is 0.963 bits per heavy atom. The number of pyridine rings is 2. The predicted molar refractivity (Wildman–Crippen MR) is 99.2 cm³/mol. The number of halogens is 1. The lowest BCUT2D eigenvalue weighted by Crippen LogP contribution is -2.13. The number of carbonyl (C=O) groups is 1. The molecule has 0 spiro atoms. The summed E-state index contributed by atoms with van der Waals surface area (Å²) in [7, 11) is 0. The molecule has 0 aliphatic rings. The SMILES string of the molecule is O=C(OCCOc1ccnc2ccccc12)c1ccc2cc(F)ccc2n1. The van der Waals surface area contributed by atoms with Gasteiger partial charge in [0.2, 0.25) is 0 Å². The Hall–Kier alpha value is -3.54. The summed E-state index contributed by atoms with van der Waals surface area (Å²) in [5, 5.41) is 1.52. The molecule has 0 bridgehead atoms. The first-order valence-corrected chi connectivity index (χ1v) is 8.41. The van der Waals surface area contributed by atoms with Crippen molar-refractivity contribution in [1.29, 1.82) is 0 Å². The highest BCUT2D eigenvalue weighted by Crippen LogP contribution is 2.23. The summed E-state index contributed by atoms with van der Waals surface area (Å²) in [6.07, 6.45) is 1.67. The largest absolute Gasteiger partial charge is 0.489 e. The number of aromatic nitrogens is 2. The zero-order chi connectivity index (χ0) is 18.6. The van der Waals surface area contributed by atoms with E-state index in [2.05, 4.69) is 9.97 Å². The van der Waals surface area contributed by atoms with Gasteiger partial charge in [-0.25, -0.2) is 14.2 Å². The first kappa shape index (κ1) is 16.9. The number of ether oxygens (including phenoxy) is 2. The maximum atomic E-state index is 13.2. The van der Waals surface area contributed by atoms with Crippen molar-refractivity contribution in [3.63, 3.8) is 0 Å². The van der Waals surface area contributed by atoms with E-state index in [0.29, 0.717) is 16.7 Å². The molecule has 0 aliphatic carbocycles. The first-order chi connectivity index (χ1) is 13.2. The average Bonchev–Trinajstić information content (AvgIpc) is 2.70. The summed E-state index contributed by atoms with van der Waals surface area (Å²) in [5.74, 6) is -0.215. The lowest BCUT2D eigenvalue weighted by molar-refractivity contribution is 0.0445. The van der Waals surface area contributed by atoms with E-state index in [-0.39, 0.29) is 24.7 Å². The molecule has 5 nitrogen and oxygen atoms in total. The van der Waals surface area contributed by atoms with Gasteiger partial charge in [0.1, 0.15) is 30.5 Å². The molecule has 0 fully saturated rings. The highest BCUT2D eigenvalue weighted by Gasteiger charge is 2.10. The zero-order valence-corrected chi connectivity index (χ0v) is 14.3. The number of esters is 1. The zero-order valence-electron chi connectivity index (χ0n) is 14.3. The van der Waals surface area contributed by atoms with E-state index < -0.39 is 5.97 Å². The normalized spacial score (nSPS) is 10.9. The van der Waals surface area contributed by atoms with Crippen LogP contribution in [0, 0.1) is 5.82 Å². The van der Waals surface area contributed by atoms with Gasteiger partial charge in [-0.15, -0.1) is 0 Å². The summed E-state index contributed by atoms with van der Waals surface area (Å²) < 4.78 is 24.1. The number of para-hydroxylation sites is 1. The molecule has 0 amide bonds. The van der Waals surface area contributed by atoms with E-state index in [9.17, 15) is 9.18 Å². The molecule has 2 aromatic carbocycles. The molecular weight excluding hydrogens is 347 g/mol. The number of benzene rings is 2. The van der Waals surface area contributed by atoms with Gasteiger partial charge in [-0.05, 0) is 42.5 Å². The molecule has 134 valence electrons. The fraction of sp³-hybridized carbons (Fsp3) is 0.0952. The third kappa shape index (κ3) is 3.69. The summed E-state index contributed by atoms with van der Waals surface area (Å²) in [5.41, 5.74) is 1.54. The number of fused-ring (bicyclic) bond motifs is 2. The van der Waals surface area contributed by atoms with Crippen LogP contribution < -0.4 is 4.74 Å². The Bertz CT molecular complexity index is 1130. The highest BCUT2D eigenvalue weighted by atomic mass is 19.1. The van der Waals surface area contributed by atoms with Gasteiger partial charge in [0.25, 0.3) is 0 Å². The fourth-order valence-corrected chi connectivity index (χ4v) is 2.77. The molecule has 0 aliphatic heterocycles. The van der Waals surface area contributed by atoms with Crippen molar-refractivity contribution in [2.75, 3.05) is 13.2 Å². The van der Waals surface area contributed by atoms with E-state index in [0.717, 1.165) is 10.9 Å². The molecule has 0 unspecified atom stereocenters. The number of rotatable bonds is 5. The minimum absolute atomic E-state index is 0.0820. The summed E-state index contributed by atoms with van der Waals surface area (Å²) in [6.45, 7) is 0.289. The van der Waals surface area contributed by atoms with Crippen molar-refractivity contribution in [1.82, 2.24) is 9.97 Å². The average molecular weight is 362 g/mol. The van der Waals surface area contributed by atoms with E-state index in [1.807, 2.05) is 24.3 Å². The smallest absolute Gasteiger partial charge is 0.357 e. The number of hydrogen-bond acceptors (Lipinski definition) is 5. The van der Waals surface area contributed by atoms with Crippen LogP contribution in [0.15, 0.2) is 66.9 Å².